The normalized spacial score (nSPS) is 36.3. The Morgan fingerprint density at radius 2 is 1.80 bits per heavy atom. The van der Waals surface area contributed by atoms with Gasteiger partial charge in [-0.15, -0.1) is 0 Å². The first kappa shape index (κ1) is 18.8. The molecule has 2 bridgehead atoms. The first-order valence-corrected chi connectivity index (χ1v) is 9.43. The van der Waals surface area contributed by atoms with Gasteiger partial charge < -0.3 is 10.6 Å². The number of piperazine rings is 3. The summed E-state index contributed by atoms with van der Waals surface area (Å²) in [6, 6.07) is 0.491. The summed E-state index contributed by atoms with van der Waals surface area (Å²) < 4.78 is 38.7. The van der Waals surface area contributed by atoms with Crippen LogP contribution in [0.15, 0.2) is 4.99 Å². The van der Waals surface area contributed by atoms with Gasteiger partial charge in [-0.3, -0.25) is 14.8 Å². The largest absolute Gasteiger partial charge is 0.391 e. The van der Waals surface area contributed by atoms with Crippen molar-refractivity contribution in [2.24, 2.45) is 16.8 Å². The second-order valence-electron chi connectivity index (χ2n) is 7.60. The molecule has 4 fully saturated rings. The van der Waals surface area contributed by atoms with Crippen LogP contribution in [-0.4, -0.2) is 80.8 Å². The molecule has 1 aliphatic carbocycles. The van der Waals surface area contributed by atoms with E-state index >= 15 is 0 Å². The molecular formula is C17H30F3N5. The molecule has 3 aliphatic heterocycles. The highest BCUT2D eigenvalue weighted by Crippen LogP contribution is 2.39. The summed E-state index contributed by atoms with van der Waals surface area (Å²) in [5.74, 6) is -0.367. The van der Waals surface area contributed by atoms with Crippen LogP contribution in [0.5, 0.6) is 0 Å². The average Bonchev–Trinajstić information content (AvgIpc) is 2.62. The number of rotatable bonds is 4. The van der Waals surface area contributed by atoms with Crippen molar-refractivity contribution in [3.63, 3.8) is 0 Å². The highest BCUT2D eigenvalue weighted by Gasteiger charge is 2.42. The maximum atomic E-state index is 12.9. The fourth-order valence-electron chi connectivity index (χ4n) is 4.37. The van der Waals surface area contributed by atoms with Crippen LogP contribution in [0.4, 0.5) is 13.2 Å². The van der Waals surface area contributed by atoms with Crippen LogP contribution in [0.2, 0.25) is 0 Å². The van der Waals surface area contributed by atoms with E-state index in [-0.39, 0.29) is 18.8 Å². The van der Waals surface area contributed by atoms with Gasteiger partial charge in [0.25, 0.3) is 0 Å². The lowest BCUT2D eigenvalue weighted by molar-refractivity contribution is -0.185. The molecule has 0 aromatic rings. The van der Waals surface area contributed by atoms with Crippen LogP contribution < -0.4 is 10.6 Å². The summed E-state index contributed by atoms with van der Waals surface area (Å²) in [5.41, 5.74) is 0. The molecule has 3 unspecified atom stereocenters. The minimum absolute atomic E-state index is 0.0690. The molecule has 25 heavy (non-hydrogen) atoms. The lowest BCUT2D eigenvalue weighted by atomic mass is 9.81. The van der Waals surface area contributed by atoms with Crippen molar-refractivity contribution in [3.8, 4) is 0 Å². The Morgan fingerprint density at radius 3 is 2.40 bits per heavy atom. The molecule has 3 atom stereocenters. The fourth-order valence-corrected chi connectivity index (χ4v) is 4.37. The van der Waals surface area contributed by atoms with E-state index in [9.17, 15) is 13.2 Å². The summed E-state index contributed by atoms with van der Waals surface area (Å²) in [6.45, 7) is 7.04. The third-order valence-electron chi connectivity index (χ3n) is 5.92. The van der Waals surface area contributed by atoms with Crippen molar-refractivity contribution in [2.45, 2.75) is 37.9 Å². The highest BCUT2D eigenvalue weighted by molar-refractivity contribution is 5.79. The Bertz CT molecular complexity index is 460. The molecule has 3 saturated heterocycles. The van der Waals surface area contributed by atoms with Crippen molar-refractivity contribution >= 4 is 5.96 Å². The quantitative estimate of drug-likeness (QED) is 0.589. The zero-order chi connectivity index (χ0) is 17.9. The van der Waals surface area contributed by atoms with Crippen LogP contribution in [-0.2, 0) is 0 Å². The lowest BCUT2D eigenvalue weighted by Gasteiger charge is -2.47. The highest BCUT2D eigenvalue weighted by atomic mass is 19.4. The molecule has 0 amide bonds. The molecule has 3 heterocycles. The first-order chi connectivity index (χ1) is 12.0. The SMILES string of the molecule is CN=C(NCC1CCCC(C(F)(F)F)C1)NCC1CN2CCN1CC2. The zero-order valence-corrected chi connectivity index (χ0v) is 15.0. The Kier molecular flexibility index (Phi) is 6.09. The zero-order valence-electron chi connectivity index (χ0n) is 15.0. The van der Waals surface area contributed by atoms with Crippen LogP contribution in [0, 0.1) is 11.8 Å². The number of guanidine groups is 1. The van der Waals surface area contributed by atoms with Crippen molar-refractivity contribution in [1.82, 2.24) is 20.4 Å². The van der Waals surface area contributed by atoms with Gasteiger partial charge in [0, 0.05) is 58.9 Å². The Morgan fingerprint density at radius 1 is 1.08 bits per heavy atom. The molecule has 0 radical (unpaired) electrons. The van der Waals surface area contributed by atoms with Gasteiger partial charge in [-0.2, -0.15) is 13.2 Å². The molecule has 8 heteroatoms. The predicted molar refractivity (Wildman–Crippen MR) is 92.7 cm³/mol. The second kappa shape index (κ2) is 8.12. The van der Waals surface area contributed by atoms with E-state index in [1.54, 1.807) is 7.05 Å². The van der Waals surface area contributed by atoms with Crippen molar-refractivity contribution in [1.29, 1.82) is 0 Å². The molecule has 5 nitrogen and oxygen atoms in total. The summed E-state index contributed by atoms with van der Waals surface area (Å²) in [4.78, 5) is 9.22. The summed E-state index contributed by atoms with van der Waals surface area (Å²) in [5, 5.41) is 6.59. The second-order valence-corrected chi connectivity index (χ2v) is 7.60. The molecular weight excluding hydrogens is 331 g/mol. The van der Waals surface area contributed by atoms with Gasteiger partial charge in [0.2, 0.25) is 0 Å². The van der Waals surface area contributed by atoms with E-state index in [2.05, 4.69) is 25.4 Å². The van der Waals surface area contributed by atoms with Crippen LogP contribution in [0.1, 0.15) is 25.7 Å². The van der Waals surface area contributed by atoms with Crippen molar-refractivity contribution < 1.29 is 13.2 Å². The van der Waals surface area contributed by atoms with Gasteiger partial charge >= 0.3 is 6.18 Å². The van der Waals surface area contributed by atoms with Gasteiger partial charge in [-0.05, 0) is 25.2 Å². The molecule has 4 aliphatic rings. The van der Waals surface area contributed by atoms with Crippen LogP contribution >= 0.6 is 0 Å². The number of nitrogens with one attached hydrogen (secondary N) is 2. The third kappa shape index (κ3) is 5.00. The number of nitrogens with zero attached hydrogens (tertiary/aromatic N) is 3. The maximum absolute atomic E-state index is 12.9. The lowest BCUT2D eigenvalue weighted by Crippen LogP contribution is -2.63. The third-order valence-corrected chi connectivity index (χ3v) is 5.92. The minimum Gasteiger partial charge on any atom is -0.356 e. The van der Waals surface area contributed by atoms with Gasteiger partial charge in [0.05, 0.1) is 5.92 Å². The summed E-state index contributed by atoms with van der Waals surface area (Å²) >= 11 is 0. The molecule has 1 saturated carbocycles. The molecule has 0 aromatic heterocycles. The van der Waals surface area contributed by atoms with E-state index in [0.29, 0.717) is 25.0 Å². The van der Waals surface area contributed by atoms with Crippen LogP contribution in [0.3, 0.4) is 0 Å². The Labute approximate surface area is 148 Å². The summed E-state index contributed by atoms with van der Waals surface area (Å²) in [6.07, 6.45) is -2.01. The topological polar surface area (TPSA) is 42.9 Å². The first-order valence-electron chi connectivity index (χ1n) is 9.43. The van der Waals surface area contributed by atoms with E-state index < -0.39 is 12.1 Å². The van der Waals surface area contributed by atoms with Gasteiger partial charge in [0.15, 0.2) is 5.96 Å². The Balaban J connectivity index is 1.40. The number of alkyl halides is 3. The van der Waals surface area contributed by atoms with Gasteiger partial charge in [-0.1, -0.05) is 6.42 Å². The number of hydrogen-bond acceptors (Lipinski definition) is 3. The monoisotopic (exact) mass is 361 g/mol. The smallest absolute Gasteiger partial charge is 0.356 e. The maximum Gasteiger partial charge on any atom is 0.391 e. The number of hydrogen-bond donors (Lipinski definition) is 2. The van der Waals surface area contributed by atoms with Gasteiger partial charge in [-0.25, -0.2) is 0 Å². The van der Waals surface area contributed by atoms with E-state index in [1.807, 2.05) is 0 Å². The molecule has 144 valence electrons. The minimum atomic E-state index is -4.05. The molecule has 0 spiro atoms. The van der Waals surface area contributed by atoms with E-state index in [4.69, 9.17) is 0 Å². The standard InChI is InChI=1S/C17H30F3N5/c1-21-16(23-11-15-12-24-5-7-25(15)8-6-24)22-10-13-3-2-4-14(9-13)17(18,19)20/h13-15H,2-12H2,1H3,(H2,21,22,23). The van der Waals surface area contributed by atoms with Crippen molar-refractivity contribution in [2.75, 3.05) is 52.9 Å². The predicted octanol–water partition coefficient (Wildman–Crippen LogP) is 1.52. The number of halogens is 3. The molecule has 2 N–H and O–H groups in total. The summed E-state index contributed by atoms with van der Waals surface area (Å²) in [7, 11) is 1.71. The number of fused-ring (bicyclic) bond motifs is 3. The fraction of sp³-hybridized carbons (Fsp3) is 0.941. The average molecular weight is 361 g/mol. The number of aliphatic imine (C=N–C) groups is 1. The van der Waals surface area contributed by atoms with Gasteiger partial charge in [0.1, 0.15) is 0 Å². The van der Waals surface area contributed by atoms with Crippen molar-refractivity contribution in [3.05, 3.63) is 0 Å². The van der Waals surface area contributed by atoms with E-state index in [1.165, 1.54) is 0 Å². The molecule has 4 rings (SSSR count). The Hall–Kier alpha value is -1.02. The molecule has 0 aromatic carbocycles. The van der Waals surface area contributed by atoms with E-state index in [0.717, 1.165) is 45.7 Å². The van der Waals surface area contributed by atoms with Crippen LogP contribution in [0.25, 0.3) is 0 Å².